The maximum absolute atomic E-state index is 12.8. The molecule has 1 aliphatic rings. The van der Waals surface area contributed by atoms with Gasteiger partial charge in [-0.25, -0.2) is 4.79 Å². The quantitative estimate of drug-likeness (QED) is 0.841. The maximum atomic E-state index is 12.8. The third kappa shape index (κ3) is 4.99. The van der Waals surface area contributed by atoms with Crippen LogP contribution in [0.3, 0.4) is 0 Å². The second kappa shape index (κ2) is 8.72. The summed E-state index contributed by atoms with van der Waals surface area (Å²) in [6, 6.07) is 15.6. The molecule has 136 valence electrons. The summed E-state index contributed by atoms with van der Waals surface area (Å²) in [7, 11) is 0. The van der Waals surface area contributed by atoms with Gasteiger partial charge in [0, 0.05) is 30.2 Å². The van der Waals surface area contributed by atoms with Crippen molar-refractivity contribution in [2.45, 2.75) is 25.3 Å². The van der Waals surface area contributed by atoms with Crippen molar-refractivity contribution in [3.63, 3.8) is 0 Å². The summed E-state index contributed by atoms with van der Waals surface area (Å²) < 4.78 is 0. The molecule has 2 aromatic carbocycles. The molecule has 3 rings (SSSR count). The zero-order valence-corrected chi connectivity index (χ0v) is 15.2. The van der Waals surface area contributed by atoms with E-state index in [0.29, 0.717) is 17.1 Å². The lowest BCUT2D eigenvalue weighted by Gasteiger charge is -2.24. The molecule has 0 aliphatic carbocycles. The molecule has 0 spiro atoms. The number of carbonyl (C=O) groups is 2. The van der Waals surface area contributed by atoms with Crippen molar-refractivity contribution in [3.8, 4) is 0 Å². The molecule has 0 aromatic heterocycles. The van der Waals surface area contributed by atoms with Gasteiger partial charge in [0.1, 0.15) is 6.04 Å². The zero-order valence-electron chi connectivity index (χ0n) is 14.5. The van der Waals surface area contributed by atoms with E-state index in [1.807, 2.05) is 35.2 Å². The number of nitrogens with zero attached hydrogens (tertiary/aromatic N) is 1. The van der Waals surface area contributed by atoms with Crippen LogP contribution in [0.1, 0.15) is 18.4 Å². The number of amides is 3. The van der Waals surface area contributed by atoms with Crippen LogP contribution in [-0.2, 0) is 11.2 Å². The number of rotatable bonds is 5. The fourth-order valence-electron chi connectivity index (χ4n) is 3.07. The van der Waals surface area contributed by atoms with E-state index in [1.165, 1.54) is 0 Å². The van der Waals surface area contributed by atoms with Gasteiger partial charge in [-0.3, -0.25) is 4.79 Å². The van der Waals surface area contributed by atoms with E-state index < -0.39 is 12.1 Å². The van der Waals surface area contributed by atoms with Crippen LogP contribution in [0.15, 0.2) is 54.6 Å². The minimum atomic E-state index is -0.595. The number of hydrogen-bond donors (Lipinski definition) is 2. The van der Waals surface area contributed by atoms with Gasteiger partial charge < -0.3 is 15.5 Å². The molecule has 1 unspecified atom stereocenters. The number of carbonyl (C=O) groups excluding carboxylic acids is 2. The largest absolute Gasteiger partial charge is 0.341 e. The average molecular weight is 372 g/mol. The minimum Gasteiger partial charge on any atom is -0.341 e. The van der Waals surface area contributed by atoms with Gasteiger partial charge in [0.25, 0.3) is 0 Å². The highest BCUT2D eigenvalue weighted by Crippen LogP contribution is 2.15. The SMILES string of the molecule is O=C(Nc1ccc(Cl)cc1)NC(Cc1ccccc1)C(=O)N1CCCC1. The molecule has 0 saturated carbocycles. The summed E-state index contributed by atoms with van der Waals surface area (Å²) in [5, 5.41) is 6.18. The fourth-order valence-corrected chi connectivity index (χ4v) is 3.19. The first-order valence-electron chi connectivity index (χ1n) is 8.77. The highest BCUT2D eigenvalue weighted by molar-refractivity contribution is 6.30. The highest BCUT2D eigenvalue weighted by atomic mass is 35.5. The third-order valence-electron chi connectivity index (χ3n) is 4.41. The molecule has 1 heterocycles. The molecule has 0 bridgehead atoms. The van der Waals surface area contributed by atoms with Gasteiger partial charge in [0.05, 0.1) is 0 Å². The minimum absolute atomic E-state index is 0.0300. The van der Waals surface area contributed by atoms with Gasteiger partial charge in [-0.15, -0.1) is 0 Å². The normalized spacial score (nSPS) is 14.7. The number of anilines is 1. The summed E-state index contributed by atoms with van der Waals surface area (Å²) in [6.45, 7) is 1.51. The van der Waals surface area contributed by atoms with Gasteiger partial charge in [-0.1, -0.05) is 41.9 Å². The van der Waals surface area contributed by atoms with E-state index >= 15 is 0 Å². The number of benzene rings is 2. The molecule has 6 heteroatoms. The van der Waals surface area contributed by atoms with E-state index in [-0.39, 0.29) is 5.91 Å². The van der Waals surface area contributed by atoms with Crippen LogP contribution >= 0.6 is 11.6 Å². The van der Waals surface area contributed by atoms with Crippen molar-refractivity contribution in [2.24, 2.45) is 0 Å². The van der Waals surface area contributed by atoms with Crippen LogP contribution in [-0.4, -0.2) is 36.0 Å². The standard InChI is InChI=1S/C20H22ClN3O2/c21-16-8-10-17(11-9-16)22-20(26)23-18(14-15-6-2-1-3-7-15)19(25)24-12-4-5-13-24/h1-3,6-11,18H,4-5,12-14H2,(H2,22,23,26). The molecule has 2 N–H and O–H groups in total. The van der Waals surface area contributed by atoms with Crippen molar-refractivity contribution in [2.75, 3.05) is 18.4 Å². The summed E-state index contributed by atoms with van der Waals surface area (Å²) in [6.07, 6.45) is 2.49. The Bertz CT molecular complexity index is 743. The first-order chi connectivity index (χ1) is 12.6. The Morgan fingerprint density at radius 3 is 2.31 bits per heavy atom. The zero-order chi connectivity index (χ0) is 18.4. The van der Waals surface area contributed by atoms with Crippen molar-refractivity contribution < 1.29 is 9.59 Å². The van der Waals surface area contributed by atoms with Crippen molar-refractivity contribution in [1.29, 1.82) is 0 Å². The summed E-state index contributed by atoms with van der Waals surface area (Å²) in [5.74, 6) is -0.0300. The van der Waals surface area contributed by atoms with Crippen LogP contribution in [0.4, 0.5) is 10.5 Å². The molecule has 5 nitrogen and oxygen atoms in total. The van der Waals surface area contributed by atoms with E-state index in [4.69, 9.17) is 11.6 Å². The van der Waals surface area contributed by atoms with Crippen molar-refractivity contribution in [1.82, 2.24) is 10.2 Å². The second-order valence-corrected chi connectivity index (χ2v) is 6.82. The average Bonchev–Trinajstić information content (AvgIpc) is 3.18. The van der Waals surface area contributed by atoms with Crippen LogP contribution in [0.25, 0.3) is 0 Å². The first kappa shape index (κ1) is 18.3. The second-order valence-electron chi connectivity index (χ2n) is 6.38. The molecular formula is C20H22ClN3O2. The number of hydrogen-bond acceptors (Lipinski definition) is 2. The van der Waals surface area contributed by atoms with Crippen LogP contribution in [0.5, 0.6) is 0 Å². The lowest BCUT2D eigenvalue weighted by atomic mass is 10.0. The summed E-state index contributed by atoms with van der Waals surface area (Å²) in [4.78, 5) is 27.1. The van der Waals surface area contributed by atoms with E-state index in [2.05, 4.69) is 10.6 Å². The third-order valence-corrected chi connectivity index (χ3v) is 4.66. The number of likely N-dealkylation sites (tertiary alicyclic amines) is 1. The summed E-state index contributed by atoms with van der Waals surface area (Å²) in [5.41, 5.74) is 1.64. The Morgan fingerprint density at radius 2 is 1.65 bits per heavy atom. The molecule has 1 saturated heterocycles. The Morgan fingerprint density at radius 1 is 1.00 bits per heavy atom. The van der Waals surface area contributed by atoms with Gasteiger partial charge in [-0.2, -0.15) is 0 Å². The molecule has 26 heavy (non-hydrogen) atoms. The molecule has 1 atom stereocenters. The molecular weight excluding hydrogens is 350 g/mol. The van der Waals surface area contributed by atoms with Gasteiger partial charge in [0.2, 0.25) is 5.91 Å². The first-order valence-corrected chi connectivity index (χ1v) is 9.15. The van der Waals surface area contributed by atoms with E-state index in [9.17, 15) is 9.59 Å². The molecule has 2 aromatic rings. The highest BCUT2D eigenvalue weighted by Gasteiger charge is 2.28. The summed E-state index contributed by atoms with van der Waals surface area (Å²) >= 11 is 5.86. The predicted molar refractivity (Wildman–Crippen MR) is 103 cm³/mol. The molecule has 0 radical (unpaired) electrons. The smallest absolute Gasteiger partial charge is 0.319 e. The maximum Gasteiger partial charge on any atom is 0.319 e. The fraction of sp³-hybridized carbons (Fsp3) is 0.300. The van der Waals surface area contributed by atoms with Gasteiger partial charge >= 0.3 is 6.03 Å². The van der Waals surface area contributed by atoms with Gasteiger partial charge in [0.15, 0.2) is 0 Å². The van der Waals surface area contributed by atoms with E-state index in [1.54, 1.807) is 24.3 Å². The lowest BCUT2D eigenvalue weighted by Crippen LogP contribution is -2.50. The Balaban J connectivity index is 1.68. The van der Waals surface area contributed by atoms with Crippen LogP contribution < -0.4 is 10.6 Å². The van der Waals surface area contributed by atoms with Crippen LogP contribution in [0.2, 0.25) is 5.02 Å². The molecule has 3 amide bonds. The molecule has 1 aliphatic heterocycles. The topological polar surface area (TPSA) is 61.4 Å². The van der Waals surface area contributed by atoms with Crippen molar-refractivity contribution in [3.05, 3.63) is 65.2 Å². The van der Waals surface area contributed by atoms with Gasteiger partial charge in [-0.05, 0) is 42.7 Å². The number of nitrogens with one attached hydrogen (secondary N) is 2. The van der Waals surface area contributed by atoms with E-state index in [0.717, 1.165) is 31.5 Å². The number of halogens is 1. The Labute approximate surface area is 158 Å². The molecule has 1 fully saturated rings. The number of urea groups is 1. The monoisotopic (exact) mass is 371 g/mol. The Hall–Kier alpha value is -2.53. The predicted octanol–water partition coefficient (Wildman–Crippen LogP) is 3.70. The lowest BCUT2D eigenvalue weighted by molar-refractivity contribution is -0.132. The van der Waals surface area contributed by atoms with Crippen LogP contribution in [0, 0.1) is 0 Å². The Kier molecular flexibility index (Phi) is 6.12. The van der Waals surface area contributed by atoms with Crippen molar-refractivity contribution >= 4 is 29.2 Å².